The average Bonchev–Trinajstić information content (AvgIpc) is 2.88. The molecule has 21 heavy (non-hydrogen) atoms. The summed E-state index contributed by atoms with van der Waals surface area (Å²) < 4.78 is 25.8. The van der Waals surface area contributed by atoms with Crippen LogP contribution in [-0.2, 0) is 14.8 Å². The van der Waals surface area contributed by atoms with E-state index in [1.807, 2.05) is 20.8 Å². The number of aliphatic hydroxyl groups excluding tert-OH is 1. The third-order valence-electron chi connectivity index (χ3n) is 4.86. The van der Waals surface area contributed by atoms with Gasteiger partial charge in [-0.05, 0) is 25.7 Å². The van der Waals surface area contributed by atoms with Crippen LogP contribution in [0.25, 0.3) is 0 Å². The summed E-state index contributed by atoms with van der Waals surface area (Å²) in [5, 5.41) is 12.6. The van der Waals surface area contributed by atoms with Gasteiger partial charge in [-0.3, -0.25) is 4.79 Å². The number of amides is 1. The second-order valence-corrected chi connectivity index (χ2v) is 8.76. The molecular weight excluding hydrogens is 292 g/mol. The number of hydrogen-bond donors (Lipinski definition) is 2. The summed E-state index contributed by atoms with van der Waals surface area (Å²) in [6.45, 7) is 6.07. The van der Waals surface area contributed by atoms with Crippen molar-refractivity contribution >= 4 is 15.9 Å². The summed E-state index contributed by atoms with van der Waals surface area (Å²) in [4.78, 5) is 12.4. The zero-order valence-electron chi connectivity index (χ0n) is 13.0. The largest absolute Gasteiger partial charge is 0.392 e. The van der Waals surface area contributed by atoms with E-state index in [-0.39, 0.29) is 23.1 Å². The maximum atomic E-state index is 12.4. The highest BCUT2D eigenvalue weighted by Crippen LogP contribution is 2.40. The van der Waals surface area contributed by atoms with Crippen LogP contribution >= 0.6 is 0 Å². The molecule has 2 rings (SSSR count). The molecule has 0 radical (unpaired) electrons. The van der Waals surface area contributed by atoms with Crippen molar-refractivity contribution in [2.45, 2.75) is 64.6 Å². The number of nitrogens with zero attached hydrogens (tertiary/aromatic N) is 1. The van der Waals surface area contributed by atoms with E-state index < -0.39 is 22.2 Å². The molecule has 0 spiro atoms. The quantitative estimate of drug-likeness (QED) is 0.771. The topological polar surface area (TPSA) is 86.7 Å². The van der Waals surface area contributed by atoms with Crippen molar-refractivity contribution in [3.8, 4) is 0 Å². The molecule has 1 amide bonds. The lowest BCUT2D eigenvalue weighted by atomic mass is 9.64. The Kier molecular flexibility index (Phi) is 4.66. The normalized spacial score (nSPS) is 32.7. The van der Waals surface area contributed by atoms with Crippen molar-refractivity contribution in [1.82, 2.24) is 9.62 Å². The minimum absolute atomic E-state index is 0.0867. The second kappa shape index (κ2) is 5.85. The van der Waals surface area contributed by atoms with E-state index in [0.717, 1.165) is 6.42 Å². The Morgan fingerprint density at radius 3 is 2.62 bits per heavy atom. The van der Waals surface area contributed by atoms with E-state index in [1.54, 1.807) is 0 Å². The number of nitrogens with one attached hydrogen (secondary N) is 1. The molecule has 0 aromatic rings. The Labute approximate surface area is 126 Å². The van der Waals surface area contributed by atoms with Crippen LogP contribution in [0.3, 0.4) is 0 Å². The average molecular weight is 318 g/mol. The fourth-order valence-corrected chi connectivity index (χ4v) is 4.87. The smallest absolute Gasteiger partial charge is 0.238 e. The molecule has 3 unspecified atom stereocenters. The van der Waals surface area contributed by atoms with Gasteiger partial charge in [-0.15, -0.1) is 0 Å². The van der Waals surface area contributed by atoms with Gasteiger partial charge in [0.1, 0.15) is 6.04 Å². The van der Waals surface area contributed by atoms with E-state index in [2.05, 4.69) is 5.32 Å². The number of carbonyl (C=O) groups excluding carboxylic acids is 1. The van der Waals surface area contributed by atoms with Crippen LogP contribution in [0.5, 0.6) is 0 Å². The minimum Gasteiger partial charge on any atom is -0.392 e. The van der Waals surface area contributed by atoms with Gasteiger partial charge in [-0.1, -0.05) is 20.8 Å². The first kappa shape index (κ1) is 16.7. The van der Waals surface area contributed by atoms with Crippen LogP contribution in [0.1, 0.15) is 46.5 Å². The molecule has 1 saturated carbocycles. The molecule has 1 saturated heterocycles. The van der Waals surface area contributed by atoms with Gasteiger partial charge >= 0.3 is 0 Å². The summed E-state index contributed by atoms with van der Waals surface area (Å²) in [7, 11) is -3.35. The molecule has 1 heterocycles. The maximum Gasteiger partial charge on any atom is 0.238 e. The summed E-state index contributed by atoms with van der Waals surface area (Å²) in [5.74, 6) is -0.137. The van der Waals surface area contributed by atoms with Crippen LogP contribution < -0.4 is 5.32 Å². The van der Waals surface area contributed by atoms with E-state index in [4.69, 9.17) is 0 Å². The highest BCUT2D eigenvalue weighted by molar-refractivity contribution is 7.89. The van der Waals surface area contributed by atoms with Crippen LogP contribution in [0.2, 0.25) is 0 Å². The Morgan fingerprint density at radius 1 is 1.43 bits per heavy atom. The lowest BCUT2D eigenvalue weighted by Crippen LogP contribution is -2.63. The number of aliphatic hydroxyl groups is 1. The molecule has 7 heteroatoms. The summed E-state index contributed by atoms with van der Waals surface area (Å²) in [5.41, 5.74) is -0.346. The Balaban J connectivity index is 2.02. The number of carbonyl (C=O) groups is 1. The van der Waals surface area contributed by atoms with E-state index in [0.29, 0.717) is 25.8 Å². The molecule has 1 aliphatic carbocycles. The molecule has 122 valence electrons. The van der Waals surface area contributed by atoms with Crippen molar-refractivity contribution in [2.75, 3.05) is 12.3 Å². The standard InChI is InChI=1S/C14H26N2O4S/c1-4-8-21(19,20)16-7-5-6-10(16)13(18)15-11-9-12(17)14(11,2)3/h10-12,17H,4-9H2,1-3H3,(H,15,18). The van der Waals surface area contributed by atoms with E-state index in [9.17, 15) is 18.3 Å². The maximum absolute atomic E-state index is 12.4. The molecule has 3 atom stereocenters. The molecule has 6 nitrogen and oxygen atoms in total. The highest BCUT2D eigenvalue weighted by Gasteiger charge is 2.49. The fraction of sp³-hybridized carbons (Fsp3) is 0.929. The molecule has 2 N–H and O–H groups in total. The lowest BCUT2D eigenvalue weighted by Gasteiger charge is -2.49. The third-order valence-corrected chi connectivity index (χ3v) is 6.93. The van der Waals surface area contributed by atoms with Crippen molar-refractivity contribution in [2.24, 2.45) is 5.41 Å². The molecule has 2 aliphatic rings. The van der Waals surface area contributed by atoms with E-state index in [1.165, 1.54) is 4.31 Å². The predicted molar refractivity (Wildman–Crippen MR) is 80.1 cm³/mol. The lowest BCUT2D eigenvalue weighted by molar-refractivity contribution is -0.132. The van der Waals surface area contributed by atoms with E-state index >= 15 is 0 Å². The van der Waals surface area contributed by atoms with Crippen molar-refractivity contribution < 1.29 is 18.3 Å². The Morgan fingerprint density at radius 2 is 2.10 bits per heavy atom. The van der Waals surface area contributed by atoms with Gasteiger partial charge in [-0.25, -0.2) is 8.42 Å². The highest BCUT2D eigenvalue weighted by atomic mass is 32.2. The van der Waals surface area contributed by atoms with Crippen molar-refractivity contribution in [1.29, 1.82) is 0 Å². The predicted octanol–water partition coefficient (Wildman–Crippen LogP) is 0.466. The fourth-order valence-electron chi connectivity index (χ4n) is 3.13. The minimum atomic E-state index is -3.35. The van der Waals surface area contributed by atoms with Crippen LogP contribution in [0.4, 0.5) is 0 Å². The Bertz CT molecular complexity index is 503. The van der Waals surface area contributed by atoms with Gasteiger partial charge in [0.25, 0.3) is 0 Å². The van der Waals surface area contributed by atoms with Gasteiger partial charge in [0, 0.05) is 18.0 Å². The number of sulfonamides is 1. The van der Waals surface area contributed by atoms with Gasteiger partial charge in [-0.2, -0.15) is 4.31 Å². The van der Waals surface area contributed by atoms with Gasteiger partial charge in [0.05, 0.1) is 11.9 Å². The third kappa shape index (κ3) is 3.10. The summed E-state index contributed by atoms with van der Waals surface area (Å²) in [6, 6.07) is -0.675. The number of rotatable bonds is 5. The first-order valence-electron chi connectivity index (χ1n) is 7.68. The number of hydrogen-bond acceptors (Lipinski definition) is 4. The molecule has 0 aromatic heterocycles. The van der Waals surface area contributed by atoms with Gasteiger partial charge < -0.3 is 10.4 Å². The SMILES string of the molecule is CCCS(=O)(=O)N1CCCC1C(=O)NC1CC(O)C1(C)C. The van der Waals surface area contributed by atoms with Crippen LogP contribution in [0, 0.1) is 5.41 Å². The first-order chi connectivity index (χ1) is 9.70. The summed E-state index contributed by atoms with van der Waals surface area (Å²) >= 11 is 0. The van der Waals surface area contributed by atoms with Crippen molar-refractivity contribution in [3.63, 3.8) is 0 Å². The Hall–Kier alpha value is -0.660. The van der Waals surface area contributed by atoms with Crippen LogP contribution in [-0.4, -0.2) is 54.2 Å². The second-order valence-electron chi connectivity index (χ2n) is 6.72. The summed E-state index contributed by atoms with van der Waals surface area (Å²) in [6.07, 6.45) is 1.97. The first-order valence-corrected chi connectivity index (χ1v) is 9.29. The molecule has 0 bridgehead atoms. The van der Waals surface area contributed by atoms with Crippen molar-refractivity contribution in [3.05, 3.63) is 0 Å². The molecular formula is C14H26N2O4S. The molecule has 0 aromatic carbocycles. The van der Waals surface area contributed by atoms with Gasteiger partial charge in [0.15, 0.2) is 0 Å². The van der Waals surface area contributed by atoms with Gasteiger partial charge in [0.2, 0.25) is 15.9 Å². The zero-order valence-corrected chi connectivity index (χ0v) is 13.8. The molecule has 1 aliphatic heterocycles. The molecule has 2 fully saturated rings. The zero-order chi connectivity index (χ0) is 15.8. The van der Waals surface area contributed by atoms with Crippen LogP contribution in [0.15, 0.2) is 0 Å². The monoisotopic (exact) mass is 318 g/mol.